The van der Waals surface area contributed by atoms with Crippen molar-refractivity contribution < 1.29 is 0 Å². The Morgan fingerprint density at radius 1 is 1.00 bits per heavy atom. The van der Waals surface area contributed by atoms with Crippen LogP contribution in [0, 0.1) is 36.0 Å². The highest BCUT2D eigenvalue weighted by atomic mass is 14.2. The molecular formula is C12H22. The summed E-state index contributed by atoms with van der Waals surface area (Å²) < 4.78 is 0. The average molecular weight is 166 g/mol. The second-order valence-corrected chi connectivity index (χ2v) is 4.39. The predicted molar refractivity (Wildman–Crippen MR) is 55.8 cm³/mol. The topological polar surface area (TPSA) is 0 Å². The Balaban J connectivity index is 3.85. The van der Waals surface area contributed by atoms with Crippen LogP contribution in [0.15, 0.2) is 0 Å². The zero-order chi connectivity index (χ0) is 9.72. The van der Waals surface area contributed by atoms with Gasteiger partial charge in [0.2, 0.25) is 0 Å². The predicted octanol–water partition coefficient (Wildman–Crippen LogP) is 3.57. The molecule has 0 aliphatic rings. The van der Waals surface area contributed by atoms with Crippen molar-refractivity contribution in [3.05, 3.63) is 0 Å². The Morgan fingerprint density at radius 2 is 1.50 bits per heavy atom. The number of hydrogen-bond donors (Lipinski definition) is 0. The minimum Gasteiger partial charge on any atom is -0.120 e. The van der Waals surface area contributed by atoms with E-state index in [-0.39, 0.29) is 0 Å². The molecule has 0 aliphatic heterocycles. The Labute approximate surface area is 77.8 Å². The van der Waals surface area contributed by atoms with Crippen molar-refractivity contribution in [1.29, 1.82) is 0 Å². The van der Waals surface area contributed by atoms with E-state index >= 15 is 0 Å². The molecule has 0 heterocycles. The minimum absolute atomic E-state index is 0.422. The van der Waals surface area contributed by atoms with Crippen LogP contribution in [0.2, 0.25) is 0 Å². The molecule has 0 amide bonds. The fourth-order valence-electron chi connectivity index (χ4n) is 1.23. The van der Waals surface area contributed by atoms with Crippen molar-refractivity contribution in [3.8, 4) is 12.3 Å². The maximum absolute atomic E-state index is 5.37. The fourth-order valence-corrected chi connectivity index (χ4v) is 1.23. The zero-order valence-corrected chi connectivity index (χ0v) is 9.09. The SMILES string of the molecule is C#CC(C)C(C)CC(C)C(C)C. The third kappa shape index (κ3) is 3.81. The van der Waals surface area contributed by atoms with Gasteiger partial charge in [0, 0.05) is 5.92 Å². The summed E-state index contributed by atoms with van der Waals surface area (Å²) in [6.07, 6.45) is 6.63. The molecule has 0 saturated carbocycles. The first-order valence-corrected chi connectivity index (χ1v) is 4.95. The van der Waals surface area contributed by atoms with Crippen LogP contribution in [0.5, 0.6) is 0 Å². The van der Waals surface area contributed by atoms with E-state index in [1.54, 1.807) is 0 Å². The highest BCUT2D eigenvalue weighted by molar-refractivity contribution is 4.93. The molecule has 3 unspecified atom stereocenters. The van der Waals surface area contributed by atoms with Gasteiger partial charge in [0.05, 0.1) is 0 Å². The zero-order valence-electron chi connectivity index (χ0n) is 9.09. The monoisotopic (exact) mass is 166 g/mol. The summed E-state index contributed by atoms with van der Waals surface area (Å²) in [6.45, 7) is 11.3. The molecule has 0 bridgehead atoms. The number of rotatable bonds is 4. The van der Waals surface area contributed by atoms with Crippen LogP contribution < -0.4 is 0 Å². The largest absolute Gasteiger partial charge is 0.120 e. The van der Waals surface area contributed by atoms with E-state index < -0.39 is 0 Å². The minimum atomic E-state index is 0.422. The molecule has 0 saturated heterocycles. The molecule has 0 aromatic heterocycles. The Kier molecular flexibility index (Phi) is 5.06. The van der Waals surface area contributed by atoms with Crippen LogP contribution in [-0.2, 0) is 0 Å². The molecule has 0 aromatic carbocycles. The van der Waals surface area contributed by atoms with Gasteiger partial charge >= 0.3 is 0 Å². The Hall–Kier alpha value is -0.440. The average Bonchev–Trinajstić information content (AvgIpc) is 2.02. The molecule has 0 radical (unpaired) electrons. The quantitative estimate of drug-likeness (QED) is 0.560. The number of terminal acetylenes is 1. The van der Waals surface area contributed by atoms with Gasteiger partial charge in [-0.3, -0.25) is 0 Å². The van der Waals surface area contributed by atoms with E-state index in [4.69, 9.17) is 6.42 Å². The van der Waals surface area contributed by atoms with Gasteiger partial charge in [0.1, 0.15) is 0 Å². The lowest BCUT2D eigenvalue weighted by Crippen LogP contribution is -2.13. The van der Waals surface area contributed by atoms with Gasteiger partial charge in [-0.1, -0.05) is 34.6 Å². The summed E-state index contributed by atoms with van der Waals surface area (Å²) in [5, 5.41) is 0. The van der Waals surface area contributed by atoms with Gasteiger partial charge in [-0.05, 0) is 24.2 Å². The van der Waals surface area contributed by atoms with Crippen molar-refractivity contribution in [2.75, 3.05) is 0 Å². The summed E-state index contributed by atoms with van der Waals surface area (Å²) in [6, 6.07) is 0. The summed E-state index contributed by atoms with van der Waals surface area (Å²) >= 11 is 0. The number of hydrogen-bond acceptors (Lipinski definition) is 0. The maximum atomic E-state index is 5.37. The molecule has 0 aliphatic carbocycles. The van der Waals surface area contributed by atoms with Crippen LogP contribution in [0.1, 0.15) is 41.0 Å². The first-order chi connectivity index (χ1) is 5.49. The van der Waals surface area contributed by atoms with Crippen LogP contribution in [0.4, 0.5) is 0 Å². The van der Waals surface area contributed by atoms with E-state index in [0.717, 1.165) is 11.8 Å². The highest BCUT2D eigenvalue weighted by Crippen LogP contribution is 2.23. The van der Waals surface area contributed by atoms with Crippen LogP contribution in [-0.4, -0.2) is 0 Å². The summed E-state index contributed by atoms with van der Waals surface area (Å²) in [7, 11) is 0. The normalized spacial score (nSPS) is 18.4. The second-order valence-electron chi connectivity index (χ2n) is 4.39. The molecule has 0 nitrogen and oxygen atoms in total. The molecule has 70 valence electrons. The van der Waals surface area contributed by atoms with Gasteiger partial charge in [0.15, 0.2) is 0 Å². The molecule has 0 heteroatoms. The summed E-state index contributed by atoms with van der Waals surface area (Å²) in [5.74, 6) is 5.45. The van der Waals surface area contributed by atoms with E-state index in [0.29, 0.717) is 11.8 Å². The fraction of sp³-hybridized carbons (Fsp3) is 0.833. The molecule has 0 spiro atoms. The lowest BCUT2D eigenvalue weighted by molar-refractivity contribution is 0.302. The van der Waals surface area contributed by atoms with Crippen molar-refractivity contribution >= 4 is 0 Å². The van der Waals surface area contributed by atoms with Crippen molar-refractivity contribution in [2.24, 2.45) is 23.7 Å². The molecule has 3 atom stereocenters. The van der Waals surface area contributed by atoms with Crippen LogP contribution in [0.25, 0.3) is 0 Å². The third-order valence-corrected chi connectivity index (χ3v) is 3.00. The lowest BCUT2D eigenvalue weighted by atomic mass is 9.83. The summed E-state index contributed by atoms with van der Waals surface area (Å²) in [5.41, 5.74) is 0. The lowest BCUT2D eigenvalue weighted by Gasteiger charge is -2.22. The maximum Gasteiger partial charge on any atom is 0.0197 e. The smallest absolute Gasteiger partial charge is 0.0197 e. The Bertz CT molecular complexity index is 150. The molecule has 0 rings (SSSR count). The van der Waals surface area contributed by atoms with Crippen molar-refractivity contribution in [1.82, 2.24) is 0 Å². The van der Waals surface area contributed by atoms with Crippen LogP contribution in [0.3, 0.4) is 0 Å². The van der Waals surface area contributed by atoms with E-state index in [9.17, 15) is 0 Å². The molecular weight excluding hydrogens is 144 g/mol. The molecule has 0 fully saturated rings. The van der Waals surface area contributed by atoms with E-state index in [1.807, 2.05) is 0 Å². The third-order valence-electron chi connectivity index (χ3n) is 3.00. The van der Waals surface area contributed by atoms with Gasteiger partial charge in [-0.15, -0.1) is 12.3 Å². The van der Waals surface area contributed by atoms with Gasteiger partial charge in [-0.25, -0.2) is 0 Å². The molecule has 0 aromatic rings. The first kappa shape index (κ1) is 11.6. The molecule has 12 heavy (non-hydrogen) atoms. The molecule has 0 N–H and O–H groups in total. The van der Waals surface area contributed by atoms with Crippen molar-refractivity contribution in [3.63, 3.8) is 0 Å². The Morgan fingerprint density at radius 3 is 1.83 bits per heavy atom. The van der Waals surface area contributed by atoms with Gasteiger partial charge < -0.3 is 0 Å². The second kappa shape index (κ2) is 5.25. The van der Waals surface area contributed by atoms with E-state index in [1.165, 1.54) is 6.42 Å². The van der Waals surface area contributed by atoms with Gasteiger partial charge in [-0.2, -0.15) is 0 Å². The van der Waals surface area contributed by atoms with Gasteiger partial charge in [0.25, 0.3) is 0 Å². The highest BCUT2D eigenvalue weighted by Gasteiger charge is 2.15. The van der Waals surface area contributed by atoms with E-state index in [2.05, 4.69) is 40.5 Å². The first-order valence-electron chi connectivity index (χ1n) is 4.95. The van der Waals surface area contributed by atoms with Crippen LogP contribution >= 0.6 is 0 Å². The van der Waals surface area contributed by atoms with Crippen molar-refractivity contribution in [2.45, 2.75) is 41.0 Å². The summed E-state index contributed by atoms with van der Waals surface area (Å²) in [4.78, 5) is 0. The standard InChI is InChI=1S/C12H22/c1-7-10(4)12(6)8-11(5)9(2)3/h1,9-12H,8H2,2-6H3.